The van der Waals surface area contributed by atoms with Gasteiger partial charge in [0.2, 0.25) is 0 Å². The highest BCUT2D eigenvalue weighted by Gasteiger charge is 2.29. The summed E-state index contributed by atoms with van der Waals surface area (Å²) in [5.41, 5.74) is 1.57. The molecule has 0 radical (unpaired) electrons. The van der Waals surface area contributed by atoms with Gasteiger partial charge in [-0.1, -0.05) is 42.4 Å². The maximum absolute atomic E-state index is 12.4. The number of piperidine rings is 1. The van der Waals surface area contributed by atoms with Crippen LogP contribution in [0.2, 0.25) is 0 Å². The zero-order chi connectivity index (χ0) is 16.1. The summed E-state index contributed by atoms with van der Waals surface area (Å²) in [5.74, 6) is -0.0719. The van der Waals surface area contributed by atoms with Gasteiger partial charge in [-0.25, -0.2) is 0 Å². The molecular formula is C18H25N3O2. The van der Waals surface area contributed by atoms with Gasteiger partial charge in [-0.05, 0) is 31.4 Å². The number of nitrogens with one attached hydrogen (secondary N) is 1. The maximum Gasteiger partial charge on any atom is 0.269 e. The van der Waals surface area contributed by atoms with Crippen LogP contribution in [0, 0.1) is 0 Å². The van der Waals surface area contributed by atoms with Gasteiger partial charge < -0.3 is 15.1 Å². The van der Waals surface area contributed by atoms with E-state index in [1.165, 1.54) is 6.42 Å². The summed E-state index contributed by atoms with van der Waals surface area (Å²) in [6.45, 7) is 5.48. The highest BCUT2D eigenvalue weighted by Crippen LogP contribution is 2.27. The Morgan fingerprint density at radius 1 is 1.30 bits per heavy atom. The summed E-state index contributed by atoms with van der Waals surface area (Å²) in [5, 5.41) is 7.12. The maximum atomic E-state index is 12.4. The summed E-state index contributed by atoms with van der Waals surface area (Å²) in [4.78, 5) is 20.3. The molecule has 23 heavy (non-hydrogen) atoms. The van der Waals surface area contributed by atoms with Crippen molar-refractivity contribution in [1.29, 1.82) is 0 Å². The molecule has 1 N–H and O–H groups in total. The first-order valence-electron chi connectivity index (χ1n) is 8.57. The quantitative estimate of drug-likeness (QED) is 0.908. The largest absolute Gasteiger partial charge is 0.387 e. The first-order chi connectivity index (χ1) is 11.3. The molecule has 1 aromatic carbocycles. The summed E-state index contributed by atoms with van der Waals surface area (Å²) < 4.78 is 0. The van der Waals surface area contributed by atoms with Crippen LogP contribution >= 0.6 is 0 Å². The van der Waals surface area contributed by atoms with E-state index in [1.54, 1.807) is 0 Å². The zero-order valence-electron chi connectivity index (χ0n) is 13.7. The third kappa shape index (κ3) is 4.10. The fraction of sp³-hybridized carbons (Fsp3) is 0.556. The number of hydrogen-bond donors (Lipinski definition) is 1. The predicted molar refractivity (Wildman–Crippen MR) is 90.2 cm³/mol. The van der Waals surface area contributed by atoms with E-state index >= 15 is 0 Å². The van der Waals surface area contributed by atoms with Crippen molar-refractivity contribution in [3.05, 3.63) is 35.9 Å². The number of nitrogens with zero attached hydrogens (tertiary/aromatic N) is 2. The van der Waals surface area contributed by atoms with Gasteiger partial charge in [0.15, 0.2) is 6.10 Å². The number of benzene rings is 1. The van der Waals surface area contributed by atoms with Crippen molar-refractivity contribution in [2.24, 2.45) is 5.16 Å². The van der Waals surface area contributed by atoms with E-state index in [2.05, 4.69) is 22.3 Å². The lowest BCUT2D eigenvalue weighted by Gasteiger charge is -2.31. The molecule has 2 aliphatic heterocycles. The second-order valence-electron chi connectivity index (χ2n) is 6.34. The predicted octanol–water partition coefficient (Wildman–Crippen LogP) is 2.49. The van der Waals surface area contributed by atoms with Gasteiger partial charge in [-0.2, -0.15) is 0 Å². The van der Waals surface area contributed by atoms with Crippen LogP contribution in [-0.2, 0) is 9.63 Å². The first kappa shape index (κ1) is 16.0. The standard InChI is InChI=1S/C18H25N3O2/c1-2-10-21-11-8-15(9-12-21)19-18(22)16-13-17(23-20-16)14-6-4-3-5-7-14/h3-7,15,17H,2,8-13H2,1H3,(H,19,22). The van der Waals surface area contributed by atoms with Crippen LogP contribution in [0.5, 0.6) is 0 Å². The van der Waals surface area contributed by atoms with E-state index in [0.29, 0.717) is 12.1 Å². The Morgan fingerprint density at radius 2 is 2.04 bits per heavy atom. The van der Waals surface area contributed by atoms with Crippen LogP contribution in [0.25, 0.3) is 0 Å². The molecule has 1 saturated heterocycles. The normalized spacial score (nSPS) is 22.5. The monoisotopic (exact) mass is 315 g/mol. The van der Waals surface area contributed by atoms with Crippen molar-refractivity contribution >= 4 is 11.6 Å². The molecule has 0 spiro atoms. The number of amides is 1. The average molecular weight is 315 g/mol. The van der Waals surface area contributed by atoms with E-state index in [1.807, 2.05) is 30.3 Å². The smallest absolute Gasteiger partial charge is 0.269 e. The Bertz CT molecular complexity index is 551. The SMILES string of the molecule is CCCN1CCC(NC(=O)C2=NOC(c3ccccc3)C2)CC1. The van der Waals surface area contributed by atoms with Crippen molar-refractivity contribution in [2.75, 3.05) is 19.6 Å². The number of hydrogen-bond acceptors (Lipinski definition) is 4. The third-order valence-corrected chi connectivity index (χ3v) is 4.56. The van der Waals surface area contributed by atoms with Gasteiger partial charge in [0.05, 0.1) is 0 Å². The van der Waals surface area contributed by atoms with E-state index < -0.39 is 0 Å². The molecule has 0 aromatic heterocycles. The fourth-order valence-electron chi connectivity index (χ4n) is 3.24. The van der Waals surface area contributed by atoms with E-state index in [0.717, 1.165) is 38.0 Å². The fourth-order valence-corrected chi connectivity index (χ4v) is 3.24. The Morgan fingerprint density at radius 3 is 2.74 bits per heavy atom. The number of rotatable bonds is 5. The van der Waals surface area contributed by atoms with E-state index in [4.69, 9.17) is 4.84 Å². The topological polar surface area (TPSA) is 53.9 Å². The molecule has 0 aliphatic carbocycles. The lowest BCUT2D eigenvalue weighted by atomic mass is 10.0. The number of oxime groups is 1. The molecule has 3 rings (SSSR count). The molecule has 1 atom stereocenters. The molecule has 5 nitrogen and oxygen atoms in total. The summed E-state index contributed by atoms with van der Waals surface area (Å²) in [6.07, 6.45) is 3.63. The van der Waals surface area contributed by atoms with Gasteiger partial charge in [-0.15, -0.1) is 0 Å². The molecule has 1 amide bonds. The van der Waals surface area contributed by atoms with E-state index in [-0.39, 0.29) is 18.1 Å². The summed E-state index contributed by atoms with van der Waals surface area (Å²) in [7, 11) is 0. The molecule has 0 saturated carbocycles. The van der Waals surface area contributed by atoms with Crippen LogP contribution in [0.3, 0.4) is 0 Å². The molecule has 1 unspecified atom stereocenters. The van der Waals surface area contributed by atoms with Crippen LogP contribution < -0.4 is 5.32 Å². The minimum Gasteiger partial charge on any atom is -0.387 e. The average Bonchev–Trinajstić information content (AvgIpc) is 3.08. The number of carbonyl (C=O) groups is 1. The van der Waals surface area contributed by atoms with Crippen molar-refractivity contribution in [3.8, 4) is 0 Å². The van der Waals surface area contributed by atoms with Gasteiger partial charge in [0.1, 0.15) is 5.71 Å². The highest BCUT2D eigenvalue weighted by atomic mass is 16.6. The lowest BCUT2D eigenvalue weighted by Crippen LogP contribution is -2.46. The molecule has 5 heteroatoms. The van der Waals surface area contributed by atoms with Gasteiger partial charge in [-0.3, -0.25) is 4.79 Å². The number of likely N-dealkylation sites (tertiary alicyclic amines) is 1. The Labute approximate surface area is 137 Å². The van der Waals surface area contributed by atoms with Crippen LogP contribution in [0.4, 0.5) is 0 Å². The molecule has 1 fully saturated rings. The van der Waals surface area contributed by atoms with Crippen LogP contribution in [0.15, 0.2) is 35.5 Å². The second-order valence-corrected chi connectivity index (χ2v) is 6.34. The van der Waals surface area contributed by atoms with Gasteiger partial charge in [0.25, 0.3) is 5.91 Å². The minimum absolute atomic E-state index is 0.0719. The molecule has 2 heterocycles. The van der Waals surface area contributed by atoms with Crippen molar-refractivity contribution in [1.82, 2.24) is 10.2 Å². The molecule has 0 bridgehead atoms. The summed E-state index contributed by atoms with van der Waals surface area (Å²) in [6, 6.07) is 10.2. The van der Waals surface area contributed by atoms with Crippen molar-refractivity contribution < 1.29 is 9.63 Å². The molecule has 2 aliphatic rings. The van der Waals surface area contributed by atoms with Gasteiger partial charge >= 0.3 is 0 Å². The second kappa shape index (κ2) is 7.59. The minimum atomic E-state index is -0.136. The van der Waals surface area contributed by atoms with E-state index in [9.17, 15) is 4.79 Å². The third-order valence-electron chi connectivity index (χ3n) is 4.56. The molecular weight excluding hydrogens is 290 g/mol. The summed E-state index contributed by atoms with van der Waals surface area (Å²) >= 11 is 0. The Kier molecular flexibility index (Phi) is 5.28. The zero-order valence-corrected chi connectivity index (χ0v) is 13.7. The molecule has 124 valence electrons. The highest BCUT2D eigenvalue weighted by molar-refractivity contribution is 6.39. The van der Waals surface area contributed by atoms with Crippen molar-refractivity contribution in [2.45, 2.75) is 44.8 Å². The first-order valence-corrected chi connectivity index (χ1v) is 8.57. The van der Waals surface area contributed by atoms with Crippen LogP contribution in [0.1, 0.15) is 44.3 Å². The Hall–Kier alpha value is -1.88. The Balaban J connectivity index is 1.47. The van der Waals surface area contributed by atoms with Crippen LogP contribution in [-0.4, -0.2) is 42.2 Å². The van der Waals surface area contributed by atoms with Gasteiger partial charge in [0, 0.05) is 25.6 Å². The van der Waals surface area contributed by atoms with Crippen molar-refractivity contribution in [3.63, 3.8) is 0 Å². The lowest BCUT2D eigenvalue weighted by molar-refractivity contribution is -0.115. The number of carbonyl (C=O) groups excluding carboxylic acids is 1. The molecule has 1 aromatic rings.